The fourth-order valence-corrected chi connectivity index (χ4v) is 2.69. The summed E-state index contributed by atoms with van der Waals surface area (Å²) in [4.78, 5) is 35.8. The van der Waals surface area contributed by atoms with Crippen LogP contribution in [-0.4, -0.2) is 24.3 Å². The zero-order valence-corrected chi connectivity index (χ0v) is 14.6. The van der Waals surface area contributed by atoms with Crippen molar-refractivity contribution in [3.63, 3.8) is 0 Å². The molecule has 27 heavy (non-hydrogen) atoms. The molecule has 0 aromatic heterocycles. The Morgan fingerprint density at radius 3 is 2.22 bits per heavy atom. The van der Waals surface area contributed by atoms with Crippen molar-refractivity contribution in [3.05, 3.63) is 83.9 Å². The molecule has 0 aliphatic heterocycles. The van der Waals surface area contributed by atoms with E-state index >= 15 is 0 Å². The number of fused-ring (bicyclic) bond motifs is 1. The van der Waals surface area contributed by atoms with Gasteiger partial charge in [0, 0.05) is 5.56 Å². The van der Waals surface area contributed by atoms with E-state index in [9.17, 15) is 14.4 Å². The van der Waals surface area contributed by atoms with Crippen LogP contribution in [0.3, 0.4) is 0 Å². The van der Waals surface area contributed by atoms with Crippen molar-refractivity contribution in [3.8, 4) is 0 Å². The summed E-state index contributed by atoms with van der Waals surface area (Å²) in [5.41, 5.74) is 5.90. The molecule has 0 atom stereocenters. The Hall–Kier alpha value is -3.67. The summed E-state index contributed by atoms with van der Waals surface area (Å²) in [5.74, 6) is -1.20. The second kappa shape index (κ2) is 8.62. The number of nitrogens with one attached hydrogen (secondary N) is 3. The van der Waals surface area contributed by atoms with Gasteiger partial charge in [-0.15, -0.1) is 0 Å². The molecule has 0 heterocycles. The largest absolute Gasteiger partial charge is 0.347 e. The predicted molar refractivity (Wildman–Crippen MR) is 103 cm³/mol. The van der Waals surface area contributed by atoms with Crippen LogP contribution in [0.1, 0.15) is 15.9 Å². The number of hydrogen-bond donors (Lipinski definition) is 3. The lowest BCUT2D eigenvalue weighted by molar-refractivity contribution is -0.126. The summed E-state index contributed by atoms with van der Waals surface area (Å²) in [5, 5.41) is 4.63. The van der Waals surface area contributed by atoms with Gasteiger partial charge in [-0.1, -0.05) is 60.7 Å². The first-order valence-electron chi connectivity index (χ1n) is 8.51. The summed E-state index contributed by atoms with van der Waals surface area (Å²) < 4.78 is 0. The normalized spacial score (nSPS) is 10.2. The van der Waals surface area contributed by atoms with E-state index in [1.54, 1.807) is 30.3 Å². The fourth-order valence-electron chi connectivity index (χ4n) is 2.69. The average molecular weight is 361 g/mol. The quantitative estimate of drug-likeness (QED) is 0.607. The Morgan fingerprint density at radius 1 is 0.704 bits per heavy atom. The summed E-state index contributed by atoms with van der Waals surface area (Å²) in [7, 11) is 0. The van der Waals surface area contributed by atoms with Crippen molar-refractivity contribution in [2.75, 3.05) is 6.54 Å². The lowest BCUT2D eigenvalue weighted by Crippen LogP contribution is -2.46. The van der Waals surface area contributed by atoms with E-state index in [4.69, 9.17) is 0 Å². The molecule has 0 bridgehead atoms. The molecular formula is C21H19N3O3. The van der Waals surface area contributed by atoms with Gasteiger partial charge in [-0.25, -0.2) is 0 Å². The Morgan fingerprint density at radius 2 is 1.41 bits per heavy atom. The third-order valence-electron chi connectivity index (χ3n) is 4.03. The molecule has 3 aromatic rings. The highest BCUT2D eigenvalue weighted by molar-refractivity contribution is 5.96. The molecule has 0 spiro atoms. The van der Waals surface area contributed by atoms with Gasteiger partial charge in [0.15, 0.2) is 0 Å². The van der Waals surface area contributed by atoms with E-state index in [2.05, 4.69) is 16.2 Å². The first-order valence-corrected chi connectivity index (χ1v) is 8.51. The van der Waals surface area contributed by atoms with Crippen LogP contribution in [0, 0.1) is 0 Å². The third kappa shape index (κ3) is 4.92. The standard InChI is InChI=1S/C21H19N3O3/c25-19(13-17-11-6-10-15-7-4-5-12-18(15)17)22-14-20(26)23-24-21(27)16-8-2-1-3-9-16/h1-12H,13-14H2,(H,22,25)(H,23,26)(H,24,27). The second-order valence-electron chi connectivity index (χ2n) is 5.96. The smallest absolute Gasteiger partial charge is 0.269 e. The molecule has 3 N–H and O–H groups in total. The van der Waals surface area contributed by atoms with E-state index in [-0.39, 0.29) is 18.9 Å². The van der Waals surface area contributed by atoms with Crippen LogP contribution in [0.4, 0.5) is 0 Å². The molecule has 0 aliphatic carbocycles. The maximum Gasteiger partial charge on any atom is 0.269 e. The Kier molecular flexibility index (Phi) is 5.79. The molecule has 3 aromatic carbocycles. The number of benzene rings is 3. The van der Waals surface area contributed by atoms with Gasteiger partial charge in [-0.05, 0) is 28.5 Å². The van der Waals surface area contributed by atoms with Crippen LogP contribution >= 0.6 is 0 Å². The van der Waals surface area contributed by atoms with E-state index in [1.165, 1.54) is 0 Å². The third-order valence-corrected chi connectivity index (χ3v) is 4.03. The highest BCUT2D eigenvalue weighted by Crippen LogP contribution is 2.18. The zero-order valence-electron chi connectivity index (χ0n) is 14.6. The molecule has 0 unspecified atom stereocenters. The summed E-state index contributed by atoms with van der Waals surface area (Å²) >= 11 is 0. The van der Waals surface area contributed by atoms with E-state index in [0.29, 0.717) is 5.56 Å². The highest BCUT2D eigenvalue weighted by atomic mass is 16.2. The number of amides is 3. The van der Waals surface area contributed by atoms with Gasteiger partial charge < -0.3 is 5.32 Å². The molecule has 136 valence electrons. The minimum Gasteiger partial charge on any atom is -0.347 e. The molecule has 6 nitrogen and oxygen atoms in total. The van der Waals surface area contributed by atoms with Gasteiger partial charge in [0.05, 0.1) is 13.0 Å². The molecular weight excluding hydrogens is 342 g/mol. The Balaban J connectivity index is 1.47. The zero-order chi connectivity index (χ0) is 19.1. The molecule has 0 aliphatic rings. The maximum absolute atomic E-state index is 12.1. The summed E-state index contributed by atoms with van der Waals surface area (Å²) in [6.45, 7) is -0.224. The average Bonchev–Trinajstić information content (AvgIpc) is 2.71. The highest BCUT2D eigenvalue weighted by Gasteiger charge is 2.10. The molecule has 3 rings (SSSR count). The van der Waals surface area contributed by atoms with Crippen LogP contribution in [0.15, 0.2) is 72.8 Å². The van der Waals surface area contributed by atoms with Crippen molar-refractivity contribution in [2.24, 2.45) is 0 Å². The summed E-state index contributed by atoms with van der Waals surface area (Å²) in [6.07, 6.45) is 0.172. The maximum atomic E-state index is 12.1. The first-order chi connectivity index (χ1) is 13.1. The first kappa shape index (κ1) is 18.1. The van der Waals surface area contributed by atoms with Crippen LogP contribution in [-0.2, 0) is 16.0 Å². The topological polar surface area (TPSA) is 87.3 Å². The Labute approximate surface area is 156 Å². The minimum absolute atomic E-state index is 0.172. The van der Waals surface area contributed by atoms with Gasteiger partial charge in [-0.2, -0.15) is 0 Å². The minimum atomic E-state index is -0.509. The lowest BCUT2D eigenvalue weighted by Gasteiger charge is -2.09. The van der Waals surface area contributed by atoms with Crippen LogP contribution in [0.25, 0.3) is 10.8 Å². The van der Waals surface area contributed by atoms with Crippen LogP contribution < -0.4 is 16.2 Å². The number of hydrogen-bond acceptors (Lipinski definition) is 3. The van der Waals surface area contributed by atoms with Crippen molar-refractivity contribution in [1.29, 1.82) is 0 Å². The molecule has 0 saturated heterocycles. The second-order valence-corrected chi connectivity index (χ2v) is 5.96. The lowest BCUT2D eigenvalue weighted by atomic mass is 10.0. The van der Waals surface area contributed by atoms with Gasteiger partial charge in [-0.3, -0.25) is 25.2 Å². The van der Waals surface area contributed by atoms with Crippen molar-refractivity contribution >= 4 is 28.5 Å². The van der Waals surface area contributed by atoms with Gasteiger partial charge in [0.25, 0.3) is 11.8 Å². The molecule has 0 radical (unpaired) electrons. The van der Waals surface area contributed by atoms with E-state index < -0.39 is 11.8 Å². The van der Waals surface area contributed by atoms with Gasteiger partial charge >= 0.3 is 0 Å². The monoisotopic (exact) mass is 361 g/mol. The van der Waals surface area contributed by atoms with Crippen molar-refractivity contribution in [2.45, 2.75) is 6.42 Å². The number of rotatable bonds is 5. The number of carbonyl (C=O) groups excluding carboxylic acids is 3. The van der Waals surface area contributed by atoms with E-state index in [0.717, 1.165) is 16.3 Å². The predicted octanol–water partition coefficient (Wildman–Crippen LogP) is 1.96. The van der Waals surface area contributed by atoms with Crippen molar-refractivity contribution < 1.29 is 14.4 Å². The fraction of sp³-hybridized carbons (Fsp3) is 0.0952. The van der Waals surface area contributed by atoms with Crippen LogP contribution in [0.2, 0.25) is 0 Å². The van der Waals surface area contributed by atoms with Crippen LogP contribution in [0.5, 0.6) is 0 Å². The molecule has 0 saturated carbocycles. The molecule has 3 amide bonds. The Bertz CT molecular complexity index is 965. The summed E-state index contributed by atoms with van der Waals surface area (Å²) in [6, 6.07) is 22.1. The number of carbonyl (C=O) groups is 3. The van der Waals surface area contributed by atoms with E-state index in [1.807, 2.05) is 42.5 Å². The van der Waals surface area contributed by atoms with Gasteiger partial charge in [0.2, 0.25) is 5.91 Å². The van der Waals surface area contributed by atoms with Crippen molar-refractivity contribution in [1.82, 2.24) is 16.2 Å². The molecule has 0 fully saturated rings. The molecule has 6 heteroatoms. The van der Waals surface area contributed by atoms with Gasteiger partial charge in [0.1, 0.15) is 0 Å². The number of hydrazine groups is 1. The SMILES string of the molecule is O=C(Cc1cccc2ccccc12)NCC(=O)NNC(=O)c1ccccc1.